The summed E-state index contributed by atoms with van der Waals surface area (Å²) in [6, 6.07) is 7.93. The van der Waals surface area contributed by atoms with Crippen molar-refractivity contribution in [1.29, 1.82) is 0 Å². The number of sulfone groups is 1. The first kappa shape index (κ1) is 25.8. The first-order chi connectivity index (χ1) is 16.0. The Morgan fingerprint density at radius 3 is 2.50 bits per heavy atom. The van der Waals surface area contributed by atoms with E-state index in [4.69, 9.17) is 9.90 Å². The van der Waals surface area contributed by atoms with Gasteiger partial charge in [-0.3, -0.25) is 9.88 Å². The summed E-state index contributed by atoms with van der Waals surface area (Å²) in [6.45, 7) is 4.76. The predicted molar refractivity (Wildman–Crippen MR) is 118 cm³/mol. The number of anilines is 1. The van der Waals surface area contributed by atoms with Crippen molar-refractivity contribution in [2.45, 2.75) is 43.8 Å². The maximum Gasteiger partial charge on any atom is 0.490 e. The van der Waals surface area contributed by atoms with Crippen molar-refractivity contribution in [3.8, 4) is 0 Å². The quantitative estimate of drug-likeness (QED) is 0.675. The van der Waals surface area contributed by atoms with Gasteiger partial charge in [-0.25, -0.2) is 23.2 Å². The van der Waals surface area contributed by atoms with Crippen LogP contribution in [-0.2, 0) is 21.2 Å². The van der Waals surface area contributed by atoms with Crippen LogP contribution in [0.1, 0.15) is 24.2 Å². The summed E-state index contributed by atoms with van der Waals surface area (Å²) in [5.41, 5.74) is 1.99. The van der Waals surface area contributed by atoms with Crippen LogP contribution in [-0.4, -0.2) is 82.2 Å². The molecule has 2 aliphatic rings. The topological polar surface area (TPSA) is 117 Å². The number of halogens is 3. The number of aromatic nitrogens is 3. The van der Waals surface area contributed by atoms with E-state index in [1.165, 1.54) is 0 Å². The number of carbonyl (C=O) groups is 1. The smallest absolute Gasteiger partial charge is 0.475 e. The number of hydrogen-bond donors (Lipinski definition) is 1. The minimum absolute atomic E-state index is 0.0258. The summed E-state index contributed by atoms with van der Waals surface area (Å²) >= 11 is 0. The predicted octanol–water partition coefficient (Wildman–Crippen LogP) is 2.08. The van der Waals surface area contributed by atoms with Gasteiger partial charge in [0.2, 0.25) is 0 Å². The van der Waals surface area contributed by atoms with Gasteiger partial charge in [-0.15, -0.1) is 0 Å². The number of fused-ring (bicyclic) bond motifs is 1. The average molecular weight is 502 g/mol. The Kier molecular flexibility index (Phi) is 8.08. The van der Waals surface area contributed by atoms with Gasteiger partial charge in [-0.1, -0.05) is 6.07 Å². The molecule has 34 heavy (non-hydrogen) atoms. The molecule has 0 unspecified atom stereocenters. The van der Waals surface area contributed by atoms with Crippen molar-refractivity contribution in [3.63, 3.8) is 0 Å². The summed E-state index contributed by atoms with van der Waals surface area (Å²) in [6.07, 6.45) is -0.374. The molecule has 2 aromatic heterocycles. The monoisotopic (exact) mass is 501 g/mol. The Morgan fingerprint density at radius 2 is 1.88 bits per heavy atom. The lowest BCUT2D eigenvalue weighted by Gasteiger charge is -2.39. The number of carboxylic acid groups (broad SMARTS) is 1. The summed E-state index contributed by atoms with van der Waals surface area (Å²) in [4.78, 5) is 26.3. The van der Waals surface area contributed by atoms with Crippen molar-refractivity contribution in [1.82, 2.24) is 19.9 Å². The maximum atomic E-state index is 12.8. The van der Waals surface area contributed by atoms with Crippen molar-refractivity contribution < 1.29 is 31.5 Å². The molecule has 0 amide bonds. The van der Waals surface area contributed by atoms with Gasteiger partial charge in [0.25, 0.3) is 0 Å². The van der Waals surface area contributed by atoms with Crippen LogP contribution in [0.4, 0.5) is 19.0 Å². The van der Waals surface area contributed by atoms with Gasteiger partial charge < -0.3 is 10.0 Å². The normalized spacial score (nSPS) is 22.6. The van der Waals surface area contributed by atoms with Crippen LogP contribution in [0.5, 0.6) is 0 Å². The number of hydrogen-bond acceptors (Lipinski definition) is 8. The zero-order chi connectivity index (χ0) is 24.9. The molecule has 9 nitrogen and oxygen atoms in total. The number of nitrogens with zero attached hydrogens (tertiary/aromatic N) is 5. The lowest BCUT2D eigenvalue weighted by molar-refractivity contribution is -0.192. The minimum Gasteiger partial charge on any atom is -0.475 e. The number of aliphatic carboxylic acids is 1. The van der Waals surface area contributed by atoms with E-state index in [0.29, 0.717) is 26.1 Å². The van der Waals surface area contributed by atoms with E-state index in [1.54, 1.807) is 12.5 Å². The Labute approximate surface area is 195 Å². The van der Waals surface area contributed by atoms with E-state index in [9.17, 15) is 21.6 Å². The Bertz CT molecular complexity index is 1090. The van der Waals surface area contributed by atoms with Gasteiger partial charge in [-0.2, -0.15) is 13.2 Å². The van der Waals surface area contributed by atoms with E-state index in [0.717, 1.165) is 30.2 Å². The van der Waals surface area contributed by atoms with Gasteiger partial charge in [-0.05, 0) is 38.0 Å². The highest BCUT2D eigenvalue weighted by Crippen LogP contribution is 2.30. The minimum atomic E-state index is -5.08. The van der Waals surface area contributed by atoms with Crippen molar-refractivity contribution in [3.05, 3.63) is 48.2 Å². The number of alkyl halides is 3. The molecule has 0 bridgehead atoms. The van der Waals surface area contributed by atoms with Gasteiger partial charge in [0, 0.05) is 44.1 Å². The number of carboxylic acids is 1. The van der Waals surface area contributed by atoms with Crippen molar-refractivity contribution in [2.24, 2.45) is 0 Å². The third-order valence-electron chi connectivity index (χ3n) is 5.84. The molecule has 2 aromatic rings. The van der Waals surface area contributed by atoms with Crippen LogP contribution in [0.3, 0.4) is 0 Å². The first-order valence-electron chi connectivity index (χ1n) is 10.7. The molecule has 0 radical (unpaired) electrons. The SMILES string of the molecule is Cc1cccc(CN2CCS(=O)(=O)[C@@H]3CCN(c4ccncn4)CC[C@@H]32)n1.O=C(O)C(F)(F)F. The molecule has 0 saturated carbocycles. The zero-order valence-electron chi connectivity index (χ0n) is 18.5. The fourth-order valence-corrected chi connectivity index (χ4v) is 6.29. The van der Waals surface area contributed by atoms with Gasteiger partial charge in [0.05, 0.1) is 16.7 Å². The largest absolute Gasteiger partial charge is 0.490 e. The maximum absolute atomic E-state index is 12.8. The molecular formula is C21H26F3N5O4S. The lowest BCUT2D eigenvalue weighted by Crippen LogP contribution is -2.54. The fraction of sp³-hybridized carbons (Fsp3) is 0.524. The molecule has 4 rings (SSSR count). The standard InChI is InChI=1S/C19H25N5O2S.C2HF3O2/c1-15-3-2-4-16(22-15)13-24-11-12-27(25,26)18-7-10-23(9-6-17(18)24)19-5-8-20-14-21-19;3-2(4,5)1(6)7/h2-5,8,14,17-18H,6-7,9-13H2,1H3;(H,6,7)/t17-,18+;/m0./s1. The Hall–Kier alpha value is -2.80. The molecule has 1 N–H and O–H groups in total. The van der Waals surface area contributed by atoms with E-state index in [1.807, 2.05) is 31.2 Å². The zero-order valence-corrected chi connectivity index (χ0v) is 19.3. The van der Waals surface area contributed by atoms with Crippen LogP contribution >= 0.6 is 0 Å². The van der Waals surface area contributed by atoms with Crippen LogP contribution in [0.2, 0.25) is 0 Å². The second-order valence-corrected chi connectivity index (χ2v) is 10.5. The Morgan fingerprint density at radius 1 is 1.18 bits per heavy atom. The van der Waals surface area contributed by atoms with E-state index in [2.05, 4.69) is 24.8 Å². The molecule has 2 atom stereocenters. The third kappa shape index (κ3) is 6.63. The molecule has 13 heteroatoms. The van der Waals surface area contributed by atoms with Crippen molar-refractivity contribution in [2.75, 3.05) is 30.3 Å². The van der Waals surface area contributed by atoms with Gasteiger partial charge in [0.1, 0.15) is 12.1 Å². The molecule has 186 valence electrons. The molecule has 4 heterocycles. The number of rotatable bonds is 3. The summed E-state index contributed by atoms with van der Waals surface area (Å²) < 4.78 is 57.3. The lowest BCUT2D eigenvalue weighted by atomic mass is 10.1. The van der Waals surface area contributed by atoms with Gasteiger partial charge >= 0.3 is 12.1 Å². The molecule has 0 aromatic carbocycles. The second kappa shape index (κ2) is 10.6. The van der Waals surface area contributed by atoms with Crippen LogP contribution in [0, 0.1) is 6.92 Å². The molecule has 2 aliphatic heterocycles. The third-order valence-corrected chi connectivity index (χ3v) is 8.07. The number of aryl methyl sites for hydroxylation is 1. The molecule has 0 spiro atoms. The van der Waals surface area contributed by atoms with Crippen molar-refractivity contribution >= 4 is 21.6 Å². The summed E-state index contributed by atoms with van der Waals surface area (Å²) in [5.74, 6) is -1.66. The van der Waals surface area contributed by atoms with Crippen LogP contribution < -0.4 is 4.90 Å². The van der Waals surface area contributed by atoms with E-state index in [-0.39, 0.29) is 17.0 Å². The molecule has 0 aliphatic carbocycles. The number of pyridine rings is 1. The molecular weight excluding hydrogens is 475 g/mol. The van der Waals surface area contributed by atoms with E-state index < -0.39 is 22.0 Å². The average Bonchev–Trinajstić information content (AvgIpc) is 3.01. The highest BCUT2D eigenvalue weighted by Gasteiger charge is 2.43. The van der Waals surface area contributed by atoms with E-state index >= 15 is 0 Å². The molecule has 2 fully saturated rings. The fourth-order valence-electron chi connectivity index (χ4n) is 4.25. The second-order valence-electron chi connectivity index (χ2n) is 8.15. The highest BCUT2D eigenvalue weighted by atomic mass is 32.2. The van der Waals surface area contributed by atoms with Crippen LogP contribution in [0.15, 0.2) is 36.8 Å². The highest BCUT2D eigenvalue weighted by molar-refractivity contribution is 7.92. The van der Waals surface area contributed by atoms with Gasteiger partial charge in [0.15, 0.2) is 9.84 Å². The van der Waals surface area contributed by atoms with Crippen LogP contribution in [0.25, 0.3) is 0 Å². The summed E-state index contributed by atoms with van der Waals surface area (Å²) in [7, 11) is -3.07. The first-order valence-corrected chi connectivity index (χ1v) is 12.4. The Balaban J connectivity index is 0.000000406. The molecule has 2 saturated heterocycles. The summed E-state index contributed by atoms with van der Waals surface area (Å²) in [5, 5.41) is 6.81.